The van der Waals surface area contributed by atoms with E-state index in [9.17, 15) is 8.42 Å². The third-order valence-electron chi connectivity index (χ3n) is 2.64. The Morgan fingerprint density at radius 2 is 2.11 bits per heavy atom. The molecule has 19 heavy (non-hydrogen) atoms. The number of aromatic nitrogens is 1. The number of rotatable bonds is 8. The van der Waals surface area contributed by atoms with Gasteiger partial charge in [0.15, 0.2) is 0 Å². The molecule has 0 aliphatic rings. The topological polar surface area (TPSA) is 59.1 Å². The molecule has 0 saturated carbocycles. The molecule has 0 aliphatic heterocycles. The fourth-order valence-corrected chi connectivity index (χ4v) is 3.39. The lowest BCUT2D eigenvalue weighted by Gasteiger charge is -2.18. The van der Waals surface area contributed by atoms with Gasteiger partial charge in [0.2, 0.25) is 10.0 Å². The van der Waals surface area contributed by atoms with Crippen molar-refractivity contribution in [2.75, 3.05) is 11.6 Å². The van der Waals surface area contributed by atoms with Crippen molar-refractivity contribution < 1.29 is 8.42 Å². The number of nitrogens with one attached hydrogen (secondary N) is 1. The normalized spacial score (nSPS) is 13.7. The molecule has 1 aromatic heterocycles. The van der Waals surface area contributed by atoms with Crippen LogP contribution in [0.3, 0.4) is 0 Å². The van der Waals surface area contributed by atoms with Crippen LogP contribution in [0.4, 0.5) is 0 Å². The molecule has 1 unspecified atom stereocenters. The van der Waals surface area contributed by atoms with Gasteiger partial charge in [0.05, 0.1) is 5.75 Å². The third kappa shape index (κ3) is 6.89. The molecule has 0 aliphatic carbocycles. The van der Waals surface area contributed by atoms with Crippen molar-refractivity contribution in [3.63, 3.8) is 0 Å². The Labute approximate surface area is 120 Å². The Kier molecular flexibility index (Phi) is 6.75. The van der Waals surface area contributed by atoms with Crippen LogP contribution in [0.5, 0.6) is 0 Å². The predicted octanol–water partition coefficient (Wildman–Crippen LogP) is 2.20. The third-order valence-corrected chi connectivity index (χ3v) is 4.45. The second-order valence-corrected chi connectivity index (χ2v) is 7.17. The summed E-state index contributed by atoms with van der Waals surface area (Å²) in [6.45, 7) is 4.09. The minimum atomic E-state index is -3.31. The van der Waals surface area contributed by atoms with Gasteiger partial charge >= 0.3 is 0 Å². The molecule has 4 nitrogen and oxygen atoms in total. The van der Waals surface area contributed by atoms with Gasteiger partial charge in [-0.2, -0.15) is 0 Å². The maximum atomic E-state index is 12.0. The summed E-state index contributed by atoms with van der Waals surface area (Å²) in [5.74, 6) is 0.735. The summed E-state index contributed by atoms with van der Waals surface area (Å²) in [4.78, 5) is 4.11. The molecular formula is C13H21ClN2O2S. The molecule has 1 aromatic rings. The minimum Gasteiger partial charge on any atom is -0.261 e. The van der Waals surface area contributed by atoms with E-state index < -0.39 is 10.0 Å². The maximum Gasteiger partial charge on any atom is 0.212 e. The van der Waals surface area contributed by atoms with Gasteiger partial charge in [-0.1, -0.05) is 19.9 Å². The van der Waals surface area contributed by atoms with E-state index >= 15 is 0 Å². The summed E-state index contributed by atoms with van der Waals surface area (Å²) in [6, 6.07) is 5.28. The zero-order valence-corrected chi connectivity index (χ0v) is 12.9. The second kappa shape index (κ2) is 7.82. The Hall–Kier alpha value is -0.650. The van der Waals surface area contributed by atoms with Gasteiger partial charge in [-0.3, -0.25) is 4.98 Å². The van der Waals surface area contributed by atoms with Crippen LogP contribution in [-0.4, -0.2) is 31.1 Å². The van der Waals surface area contributed by atoms with Gasteiger partial charge in [-0.05, 0) is 24.5 Å². The molecule has 0 aromatic carbocycles. The zero-order valence-electron chi connectivity index (χ0n) is 11.3. The molecule has 0 amide bonds. The fraction of sp³-hybridized carbons (Fsp3) is 0.615. The second-order valence-electron chi connectivity index (χ2n) is 4.99. The summed E-state index contributed by atoms with van der Waals surface area (Å²) in [7, 11) is -3.31. The van der Waals surface area contributed by atoms with E-state index in [1.54, 1.807) is 6.20 Å². The van der Waals surface area contributed by atoms with E-state index in [0.29, 0.717) is 18.2 Å². The standard InChI is InChI=1S/C13H21ClN2O2S/c1-11(2)9-13(10-14)16-19(17,18)8-6-12-5-3-4-7-15-12/h3-5,7,11,13,16H,6,8-10H2,1-2H3. The Bertz CT molecular complexity index is 463. The summed E-state index contributed by atoms with van der Waals surface area (Å²) in [6.07, 6.45) is 2.81. The number of sulfonamides is 1. The monoisotopic (exact) mass is 304 g/mol. The summed E-state index contributed by atoms with van der Waals surface area (Å²) in [5.41, 5.74) is 0.777. The maximum absolute atomic E-state index is 12.0. The minimum absolute atomic E-state index is 0.0372. The van der Waals surface area contributed by atoms with Crippen LogP contribution in [0.25, 0.3) is 0 Å². The van der Waals surface area contributed by atoms with Crippen LogP contribution in [0, 0.1) is 5.92 Å². The van der Waals surface area contributed by atoms with E-state index in [0.717, 1.165) is 12.1 Å². The summed E-state index contributed by atoms with van der Waals surface area (Å²) < 4.78 is 26.6. The molecule has 1 atom stereocenters. The van der Waals surface area contributed by atoms with E-state index in [4.69, 9.17) is 11.6 Å². The highest BCUT2D eigenvalue weighted by Crippen LogP contribution is 2.08. The number of halogens is 1. The average Bonchev–Trinajstić information content (AvgIpc) is 2.36. The van der Waals surface area contributed by atoms with Gasteiger partial charge < -0.3 is 0 Å². The van der Waals surface area contributed by atoms with Crippen molar-refractivity contribution >= 4 is 21.6 Å². The fourth-order valence-electron chi connectivity index (χ4n) is 1.81. The molecule has 0 spiro atoms. The summed E-state index contributed by atoms with van der Waals surface area (Å²) >= 11 is 5.80. The Balaban J connectivity index is 2.51. The van der Waals surface area contributed by atoms with Crippen molar-refractivity contribution in [3.8, 4) is 0 Å². The van der Waals surface area contributed by atoms with Gasteiger partial charge in [0.25, 0.3) is 0 Å². The molecular weight excluding hydrogens is 284 g/mol. The molecule has 0 bridgehead atoms. The van der Waals surface area contributed by atoms with Crippen LogP contribution < -0.4 is 4.72 Å². The molecule has 1 heterocycles. The highest BCUT2D eigenvalue weighted by atomic mass is 35.5. The first-order valence-corrected chi connectivity index (χ1v) is 8.57. The van der Waals surface area contributed by atoms with Crippen molar-refractivity contribution in [2.45, 2.75) is 32.7 Å². The van der Waals surface area contributed by atoms with Crippen LogP contribution in [-0.2, 0) is 16.4 Å². The SMILES string of the molecule is CC(C)CC(CCl)NS(=O)(=O)CCc1ccccn1. The molecule has 1 rings (SSSR count). The van der Waals surface area contributed by atoms with E-state index in [1.807, 2.05) is 32.0 Å². The molecule has 0 radical (unpaired) electrons. The van der Waals surface area contributed by atoms with Gasteiger partial charge in [0, 0.05) is 30.2 Å². The average molecular weight is 305 g/mol. The number of pyridine rings is 1. The molecule has 1 N–H and O–H groups in total. The van der Waals surface area contributed by atoms with E-state index in [2.05, 4.69) is 9.71 Å². The molecule has 0 fully saturated rings. The predicted molar refractivity (Wildman–Crippen MR) is 78.8 cm³/mol. The Morgan fingerprint density at radius 3 is 2.63 bits per heavy atom. The largest absolute Gasteiger partial charge is 0.261 e. The summed E-state index contributed by atoms with van der Waals surface area (Å²) in [5, 5.41) is 0. The van der Waals surface area contributed by atoms with Gasteiger partial charge in [-0.15, -0.1) is 11.6 Å². The van der Waals surface area contributed by atoms with Crippen molar-refractivity contribution in [3.05, 3.63) is 30.1 Å². The van der Waals surface area contributed by atoms with Gasteiger partial charge in [0.1, 0.15) is 0 Å². The number of aryl methyl sites for hydroxylation is 1. The van der Waals surface area contributed by atoms with Crippen molar-refractivity contribution in [2.24, 2.45) is 5.92 Å². The first-order chi connectivity index (χ1) is 8.93. The number of hydrogen-bond donors (Lipinski definition) is 1. The van der Waals surface area contributed by atoms with Crippen LogP contribution in [0.1, 0.15) is 26.0 Å². The van der Waals surface area contributed by atoms with Crippen LogP contribution in [0.2, 0.25) is 0 Å². The number of nitrogens with zero attached hydrogens (tertiary/aromatic N) is 1. The lowest BCUT2D eigenvalue weighted by molar-refractivity contribution is 0.485. The highest BCUT2D eigenvalue weighted by Gasteiger charge is 2.18. The molecule has 0 saturated heterocycles. The van der Waals surface area contributed by atoms with Gasteiger partial charge in [-0.25, -0.2) is 13.1 Å². The number of hydrogen-bond acceptors (Lipinski definition) is 3. The molecule has 6 heteroatoms. The quantitative estimate of drug-likeness (QED) is 0.749. The van der Waals surface area contributed by atoms with E-state index in [-0.39, 0.29) is 11.8 Å². The molecule has 108 valence electrons. The highest BCUT2D eigenvalue weighted by molar-refractivity contribution is 7.89. The van der Waals surface area contributed by atoms with E-state index in [1.165, 1.54) is 0 Å². The zero-order chi connectivity index (χ0) is 14.3. The van der Waals surface area contributed by atoms with Crippen molar-refractivity contribution in [1.29, 1.82) is 0 Å². The smallest absolute Gasteiger partial charge is 0.212 e. The number of alkyl halides is 1. The van der Waals surface area contributed by atoms with Crippen molar-refractivity contribution in [1.82, 2.24) is 9.71 Å². The Morgan fingerprint density at radius 1 is 1.37 bits per heavy atom. The lowest BCUT2D eigenvalue weighted by atomic mass is 10.1. The first kappa shape index (κ1) is 16.4. The van der Waals surface area contributed by atoms with Crippen LogP contribution in [0.15, 0.2) is 24.4 Å². The van der Waals surface area contributed by atoms with Crippen LogP contribution >= 0.6 is 11.6 Å². The lowest BCUT2D eigenvalue weighted by Crippen LogP contribution is -2.38. The first-order valence-electron chi connectivity index (χ1n) is 6.39.